The molecule has 0 aromatic carbocycles. The summed E-state index contributed by atoms with van der Waals surface area (Å²) in [5.74, 6) is -0.105. The van der Waals surface area contributed by atoms with Gasteiger partial charge >= 0.3 is 6.03 Å². The third-order valence-electron chi connectivity index (χ3n) is 2.78. The highest BCUT2D eigenvalue weighted by Gasteiger charge is 2.43. The second kappa shape index (κ2) is 2.90. The normalized spacial score (nSPS) is 26.2. The Labute approximate surface area is 76.2 Å². The van der Waals surface area contributed by atoms with E-state index >= 15 is 0 Å². The van der Waals surface area contributed by atoms with E-state index in [1.54, 1.807) is 0 Å². The van der Waals surface area contributed by atoms with Gasteiger partial charge < -0.3 is 5.32 Å². The first-order valence-electron chi connectivity index (χ1n) is 4.62. The molecule has 3 amide bonds. The molecule has 1 saturated carbocycles. The molecule has 5 nitrogen and oxygen atoms in total. The highest BCUT2D eigenvalue weighted by molar-refractivity contribution is 5.95. The van der Waals surface area contributed by atoms with Gasteiger partial charge in [-0.25, -0.2) is 10.2 Å². The highest BCUT2D eigenvalue weighted by atomic mass is 16.2. The monoisotopic (exact) mass is 183 g/mol. The number of hydrazine groups is 1. The lowest BCUT2D eigenvalue weighted by molar-refractivity contribution is -0.130. The van der Waals surface area contributed by atoms with Crippen LogP contribution in [0, 0.1) is 0 Å². The van der Waals surface area contributed by atoms with Crippen LogP contribution in [0.4, 0.5) is 4.79 Å². The summed E-state index contributed by atoms with van der Waals surface area (Å²) < 4.78 is 0. The first-order valence-corrected chi connectivity index (χ1v) is 4.62. The van der Waals surface area contributed by atoms with Gasteiger partial charge in [-0.3, -0.25) is 10.2 Å². The minimum atomic E-state index is -0.624. The van der Waals surface area contributed by atoms with E-state index < -0.39 is 5.54 Å². The Balaban J connectivity index is 2.16. The fraction of sp³-hybridized carbons (Fsp3) is 0.750. The lowest BCUT2D eigenvalue weighted by Crippen LogP contribution is -2.70. The predicted octanol–water partition coefficient (Wildman–Crippen LogP) is 0.0333. The molecule has 2 rings (SSSR count). The van der Waals surface area contributed by atoms with Crippen LogP contribution >= 0.6 is 0 Å². The van der Waals surface area contributed by atoms with Gasteiger partial charge in [-0.15, -0.1) is 0 Å². The summed E-state index contributed by atoms with van der Waals surface area (Å²) in [6.45, 7) is 0. The summed E-state index contributed by atoms with van der Waals surface area (Å²) in [6.07, 6.45) is 4.68. The first kappa shape index (κ1) is 8.34. The van der Waals surface area contributed by atoms with E-state index in [9.17, 15) is 9.59 Å². The summed E-state index contributed by atoms with van der Waals surface area (Å²) in [5, 5.41) is 2.72. The molecule has 0 bridgehead atoms. The lowest BCUT2D eigenvalue weighted by atomic mass is 9.81. The summed E-state index contributed by atoms with van der Waals surface area (Å²) in [7, 11) is 0. The molecule has 13 heavy (non-hydrogen) atoms. The molecule has 3 N–H and O–H groups in total. The van der Waals surface area contributed by atoms with Gasteiger partial charge in [0.25, 0.3) is 5.91 Å². The molecule has 2 aliphatic rings. The molecule has 1 saturated heterocycles. The van der Waals surface area contributed by atoms with Gasteiger partial charge in [-0.05, 0) is 12.8 Å². The van der Waals surface area contributed by atoms with Crippen molar-refractivity contribution in [3.63, 3.8) is 0 Å². The van der Waals surface area contributed by atoms with Crippen molar-refractivity contribution in [2.45, 2.75) is 37.6 Å². The number of carbonyl (C=O) groups is 2. The van der Waals surface area contributed by atoms with Crippen molar-refractivity contribution < 1.29 is 9.59 Å². The van der Waals surface area contributed by atoms with Gasteiger partial charge in [0.2, 0.25) is 0 Å². The van der Waals surface area contributed by atoms with Crippen molar-refractivity contribution in [1.29, 1.82) is 0 Å². The second-order valence-corrected chi connectivity index (χ2v) is 3.68. The molecule has 1 spiro atoms. The van der Waals surface area contributed by atoms with Gasteiger partial charge in [-0.2, -0.15) is 0 Å². The number of hydrogen-bond donors (Lipinski definition) is 3. The van der Waals surface area contributed by atoms with Gasteiger partial charge in [0, 0.05) is 0 Å². The zero-order valence-electron chi connectivity index (χ0n) is 7.35. The predicted molar refractivity (Wildman–Crippen MR) is 45.6 cm³/mol. The fourth-order valence-corrected chi connectivity index (χ4v) is 2.05. The topological polar surface area (TPSA) is 70.2 Å². The molecule has 5 heteroatoms. The van der Waals surface area contributed by atoms with Crippen molar-refractivity contribution in [3.05, 3.63) is 0 Å². The van der Waals surface area contributed by atoms with E-state index in [1.165, 1.54) is 0 Å². The summed E-state index contributed by atoms with van der Waals surface area (Å²) in [5.41, 5.74) is 4.02. The number of nitrogens with one attached hydrogen (secondary N) is 3. The number of hydrogen-bond acceptors (Lipinski definition) is 2. The molecular formula is C8H13N3O2. The number of carbonyl (C=O) groups excluding carboxylic acids is 2. The summed E-state index contributed by atoms with van der Waals surface area (Å²) in [6, 6.07) is -0.304. The Morgan fingerprint density at radius 1 is 1.00 bits per heavy atom. The smallest absolute Gasteiger partial charge is 0.322 e. The molecule has 0 radical (unpaired) electrons. The quantitative estimate of drug-likeness (QED) is 0.496. The van der Waals surface area contributed by atoms with Crippen LogP contribution < -0.4 is 16.2 Å². The SMILES string of the molecule is O=C1NNC(=O)C2(CCCCC2)N1. The van der Waals surface area contributed by atoms with E-state index in [-0.39, 0.29) is 11.9 Å². The average Bonchev–Trinajstić information content (AvgIpc) is 2.14. The standard InChI is InChI=1S/C8H13N3O2/c12-6-8(4-2-1-3-5-8)9-7(13)11-10-6/h1-5H2,(H,10,12)(H2,9,11,13). The molecule has 0 atom stereocenters. The van der Waals surface area contributed by atoms with E-state index in [4.69, 9.17) is 0 Å². The molecule has 0 aromatic heterocycles. The minimum absolute atomic E-state index is 0.105. The van der Waals surface area contributed by atoms with Gasteiger partial charge in [0.05, 0.1) is 0 Å². The van der Waals surface area contributed by atoms with E-state index in [0.29, 0.717) is 0 Å². The van der Waals surface area contributed by atoms with Crippen molar-refractivity contribution in [1.82, 2.24) is 16.2 Å². The van der Waals surface area contributed by atoms with E-state index in [0.717, 1.165) is 32.1 Å². The van der Waals surface area contributed by atoms with Gasteiger partial charge in [-0.1, -0.05) is 19.3 Å². The average molecular weight is 183 g/mol. The van der Waals surface area contributed by atoms with Crippen molar-refractivity contribution in [3.8, 4) is 0 Å². The molecule has 72 valence electrons. The summed E-state index contributed by atoms with van der Waals surface area (Å²) >= 11 is 0. The maximum absolute atomic E-state index is 11.5. The molecular weight excluding hydrogens is 170 g/mol. The van der Waals surface area contributed by atoms with Gasteiger partial charge in [0.15, 0.2) is 0 Å². The van der Waals surface area contributed by atoms with Crippen LogP contribution in [0.1, 0.15) is 32.1 Å². The Morgan fingerprint density at radius 2 is 1.69 bits per heavy atom. The first-order chi connectivity index (χ1) is 6.23. The van der Waals surface area contributed by atoms with Crippen LogP contribution in [0.15, 0.2) is 0 Å². The molecule has 1 heterocycles. The zero-order chi connectivity index (χ0) is 9.31. The van der Waals surface area contributed by atoms with Crippen LogP contribution in [0.25, 0.3) is 0 Å². The minimum Gasteiger partial charge on any atom is -0.322 e. The maximum atomic E-state index is 11.5. The fourth-order valence-electron chi connectivity index (χ4n) is 2.05. The number of rotatable bonds is 0. The highest BCUT2D eigenvalue weighted by Crippen LogP contribution is 2.28. The number of urea groups is 1. The van der Waals surface area contributed by atoms with E-state index in [1.807, 2.05) is 0 Å². The van der Waals surface area contributed by atoms with Crippen molar-refractivity contribution >= 4 is 11.9 Å². The van der Waals surface area contributed by atoms with Crippen molar-refractivity contribution in [2.24, 2.45) is 0 Å². The van der Waals surface area contributed by atoms with Crippen LogP contribution in [0.2, 0.25) is 0 Å². The van der Waals surface area contributed by atoms with Gasteiger partial charge in [0.1, 0.15) is 5.54 Å². The Kier molecular flexibility index (Phi) is 1.86. The van der Waals surface area contributed by atoms with Crippen LogP contribution in [0.5, 0.6) is 0 Å². The summed E-state index contributed by atoms with van der Waals surface area (Å²) in [4.78, 5) is 22.6. The molecule has 0 aromatic rings. The largest absolute Gasteiger partial charge is 0.334 e. The van der Waals surface area contributed by atoms with Crippen molar-refractivity contribution in [2.75, 3.05) is 0 Å². The third kappa shape index (κ3) is 1.34. The maximum Gasteiger partial charge on any atom is 0.334 e. The number of amides is 3. The van der Waals surface area contributed by atoms with Crippen LogP contribution in [-0.2, 0) is 4.79 Å². The van der Waals surface area contributed by atoms with Crippen LogP contribution in [0.3, 0.4) is 0 Å². The molecule has 2 fully saturated rings. The third-order valence-corrected chi connectivity index (χ3v) is 2.78. The van der Waals surface area contributed by atoms with Crippen LogP contribution in [-0.4, -0.2) is 17.5 Å². The molecule has 1 aliphatic heterocycles. The Bertz CT molecular complexity index is 246. The lowest BCUT2D eigenvalue weighted by Gasteiger charge is -2.39. The Hall–Kier alpha value is -1.26. The second-order valence-electron chi connectivity index (χ2n) is 3.68. The zero-order valence-corrected chi connectivity index (χ0v) is 7.35. The molecule has 1 aliphatic carbocycles. The van der Waals surface area contributed by atoms with E-state index in [2.05, 4.69) is 16.2 Å². The Morgan fingerprint density at radius 3 is 2.38 bits per heavy atom. The molecule has 0 unspecified atom stereocenters.